The summed E-state index contributed by atoms with van der Waals surface area (Å²) in [6.45, 7) is 0.477. The zero-order valence-corrected chi connectivity index (χ0v) is 16.1. The molecule has 1 aromatic heterocycles. The Morgan fingerprint density at radius 3 is 2.43 bits per heavy atom. The van der Waals surface area contributed by atoms with Crippen LogP contribution in [-0.2, 0) is 11.4 Å². The number of nitrogens with one attached hydrogen (secondary N) is 1. The summed E-state index contributed by atoms with van der Waals surface area (Å²) in [6.07, 6.45) is 0.124. The Morgan fingerprint density at radius 1 is 0.900 bits per heavy atom. The summed E-state index contributed by atoms with van der Waals surface area (Å²) < 4.78 is 11.4. The van der Waals surface area contributed by atoms with Crippen molar-refractivity contribution in [2.45, 2.75) is 18.9 Å². The lowest BCUT2D eigenvalue weighted by Crippen LogP contribution is -2.28. The third-order valence-electron chi connectivity index (χ3n) is 5.38. The van der Waals surface area contributed by atoms with Gasteiger partial charge in [-0.3, -0.25) is 9.59 Å². The van der Waals surface area contributed by atoms with Gasteiger partial charge < -0.3 is 14.5 Å². The van der Waals surface area contributed by atoms with Crippen molar-refractivity contribution in [3.05, 3.63) is 106 Å². The second kappa shape index (κ2) is 7.52. The fourth-order valence-electron chi connectivity index (χ4n) is 3.90. The first-order valence-electron chi connectivity index (χ1n) is 9.81. The number of hydrogen-bond donors (Lipinski definition) is 1. The summed E-state index contributed by atoms with van der Waals surface area (Å²) in [6, 6.07) is 24.8. The van der Waals surface area contributed by atoms with Gasteiger partial charge in [-0.1, -0.05) is 54.6 Å². The van der Waals surface area contributed by atoms with Crippen molar-refractivity contribution in [1.82, 2.24) is 4.98 Å². The molecule has 1 unspecified atom stereocenters. The van der Waals surface area contributed by atoms with E-state index >= 15 is 0 Å². The lowest BCUT2D eigenvalue weighted by Gasteiger charge is -2.25. The van der Waals surface area contributed by atoms with Crippen LogP contribution in [0.15, 0.2) is 83.7 Å². The molecule has 0 fully saturated rings. The first kappa shape index (κ1) is 18.2. The van der Waals surface area contributed by atoms with Gasteiger partial charge in [0.05, 0.1) is 17.5 Å². The van der Waals surface area contributed by atoms with Gasteiger partial charge in [-0.2, -0.15) is 0 Å². The Hall–Kier alpha value is -3.86. The van der Waals surface area contributed by atoms with Gasteiger partial charge >= 0.3 is 5.97 Å². The van der Waals surface area contributed by atoms with E-state index in [0.717, 1.165) is 22.3 Å². The molecule has 1 N–H and O–H groups in total. The molecule has 0 saturated carbocycles. The van der Waals surface area contributed by atoms with E-state index in [1.165, 1.54) is 0 Å². The van der Waals surface area contributed by atoms with E-state index < -0.39 is 0 Å². The second-order valence-electron chi connectivity index (χ2n) is 7.32. The van der Waals surface area contributed by atoms with Gasteiger partial charge in [0.15, 0.2) is 0 Å². The molecule has 0 radical (unpaired) electrons. The van der Waals surface area contributed by atoms with Gasteiger partial charge in [-0.15, -0.1) is 0 Å². The number of rotatable bonds is 4. The third kappa shape index (κ3) is 3.35. The second-order valence-corrected chi connectivity index (χ2v) is 7.32. The van der Waals surface area contributed by atoms with Crippen LogP contribution in [0, 0.1) is 0 Å². The highest BCUT2D eigenvalue weighted by atomic mass is 16.5. The standard InChI is InChI=1S/C25H19NO4/c27-22-14-20(23-24(30-22)19-8-4-5-9-21(19)26-25(23)28)17-10-12-18(13-11-17)29-15-16-6-2-1-3-7-16/h1-13,20H,14-15H2,(H,26,28). The van der Waals surface area contributed by atoms with Crippen molar-refractivity contribution in [1.29, 1.82) is 0 Å². The number of para-hydroxylation sites is 1. The van der Waals surface area contributed by atoms with Crippen LogP contribution in [0.25, 0.3) is 10.9 Å². The number of benzene rings is 3. The number of hydrogen-bond acceptors (Lipinski definition) is 4. The van der Waals surface area contributed by atoms with Crippen molar-refractivity contribution in [2.75, 3.05) is 0 Å². The smallest absolute Gasteiger partial charge is 0.312 e. The molecule has 148 valence electrons. The molecule has 0 spiro atoms. The largest absolute Gasteiger partial charge is 0.489 e. The molecule has 0 saturated heterocycles. The number of fused-ring (bicyclic) bond motifs is 3. The number of aromatic amines is 1. The van der Waals surface area contributed by atoms with Gasteiger partial charge in [0, 0.05) is 11.3 Å². The third-order valence-corrected chi connectivity index (χ3v) is 5.38. The van der Waals surface area contributed by atoms with Crippen molar-refractivity contribution in [2.24, 2.45) is 0 Å². The molecule has 0 aliphatic carbocycles. The Balaban J connectivity index is 1.47. The molecule has 1 aliphatic rings. The van der Waals surface area contributed by atoms with Gasteiger partial charge in [-0.25, -0.2) is 0 Å². The van der Waals surface area contributed by atoms with Gasteiger partial charge in [0.25, 0.3) is 5.56 Å². The van der Waals surface area contributed by atoms with Gasteiger partial charge in [0.2, 0.25) is 0 Å². The Labute approximate surface area is 172 Å². The normalized spacial score (nSPS) is 15.5. The van der Waals surface area contributed by atoms with Crippen molar-refractivity contribution >= 4 is 16.9 Å². The summed E-state index contributed by atoms with van der Waals surface area (Å²) in [4.78, 5) is 28.1. The highest BCUT2D eigenvalue weighted by Gasteiger charge is 2.32. The molecule has 4 aromatic rings. The Bertz CT molecular complexity index is 1280. The number of carbonyl (C=O) groups excluding carboxylic acids is 1. The average molecular weight is 397 g/mol. The molecule has 3 aromatic carbocycles. The molecule has 0 amide bonds. The van der Waals surface area contributed by atoms with Crippen molar-refractivity contribution in [3.63, 3.8) is 0 Å². The summed E-state index contributed by atoms with van der Waals surface area (Å²) in [5, 5.41) is 0.730. The summed E-state index contributed by atoms with van der Waals surface area (Å²) >= 11 is 0. The first-order chi connectivity index (χ1) is 14.7. The maximum atomic E-state index is 12.8. The minimum absolute atomic E-state index is 0.124. The number of pyridine rings is 1. The summed E-state index contributed by atoms with van der Waals surface area (Å²) in [5.41, 5.74) is 2.88. The summed E-state index contributed by atoms with van der Waals surface area (Å²) in [5.74, 6) is 0.388. The van der Waals surface area contributed by atoms with Crippen LogP contribution in [0.1, 0.15) is 29.0 Å². The number of esters is 1. The van der Waals surface area contributed by atoms with E-state index in [9.17, 15) is 9.59 Å². The number of H-pyrrole nitrogens is 1. The predicted octanol–water partition coefficient (Wildman–Crippen LogP) is 4.55. The minimum Gasteiger partial charge on any atom is -0.489 e. The maximum absolute atomic E-state index is 12.8. The van der Waals surface area contributed by atoms with E-state index in [1.807, 2.05) is 72.8 Å². The Morgan fingerprint density at radius 2 is 1.63 bits per heavy atom. The van der Waals surface area contributed by atoms with Crippen LogP contribution >= 0.6 is 0 Å². The highest BCUT2D eigenvalue weighted by Crippen LogP contribution is 2.40. The molecular weight excluding hydrogens is 378 g/mol. The molecular formula is C25H19NO4. The van der Waals surface area contributed by atoms with Gasteiger partial charge in [0.1, 0.15) is 18.1 Å². The highest BCUT2D eigenvalue weighted by molar-refractivity contribution is 5.91. The van der Waals surface area contributed by atoms with E-state index in [1.54, 1.807) is 6.07 Å². The molecule has 2 heterocycles. The molecule has 30 heavy (non-hydrogen) atoms. The van der Waals surface area contributed by atoms with E-state index in [-0.39, 0.29) is 23.9 Å². The SMILES string of the molecule is O=C1CC(c2ccc(OCc3ccccc3)cc2)c2c(c3ccccc3[nH]c2=O)O1. The zero-order valence-electron chi connectivity index (χ0n) is 16.1. The first-order valence-corrected chi connectivity index (χ1v) is 9.81. The predicted molar refractivity (Wildman–Crippen MR) is 114 cm³/mol. The van der Waals surface area contributed by atoms with E-state index in [0.29, 0.717) is 23.4 Å². The average Bonchev–Trinajstić information content (AvgIpc) is 2.78. The number of aromatic nitrogens is 1. The van der Waals surface area contributed by atoms with Crippen LogP contribution in [0.4, 0.5) is 0 Å². The quantitative estimate of drug-likeness (QED) is 0.513. The fraction of sp³-hybridized carbons (Fsp3) is 0.120. The molecule has 5 nitrogen and oxygen atoms in total. The lowest BCUT2D eigenvalue weighted by atomic mass is 9.86. The van der Waals surface area contributed by atoms with Crippen LogP contribution in [0.2, 0.25) is 0 Å². The number of ether oxygens (including phenoxy) is 2. The fourth-order valence-corrected chi connectivity index (χ4v) is 3.90. The van der Waals surface area contributed by atoms with E-state index in [2.05, 4.69) is 4.98 Å². The topological polar surface area (TPSA) is 68.4 Å². The van der Waals surface area contributed by atoms with E-state index in [4.69, 9.17) is 9.47 Å². The van der Waals surface area contributed by atoms with Crippen LogP contribution in [0.5, 0.6) is 11.5 Å². The monoisotopic (exact) mass is 397 g/mol. The molecule has 5 rings (SSSR count). The summed E-state index contributed by atoms with van der Waals surface area (Å²) in [7, 11) is 0. The van der Waals surface area contributed by atoms with Gasteiger partial charge in [-0.05, 0) is 35.4 Å². The lowest BCUT2D eigenvalue weighted by molar-refractivity contribution is -0.135. The number of carbonyl (C=O) groups is 1. The van der Waals surface area contributed by atoms with Crippen molar-refractivity contribution < 1.29 is 14.3 Å². The molecule has 1 atom stereocenters. The maximum Gasteiger partial charge on any atom is 0.312 e. The molecule has 1 aliphatic heterocycles. The minimum atomic E-state index is -0.363. The molecule has 5 heteroatoms. The van der Waals surface area contributed by atoms with Crippen LogP contribution in [0.3, 0.4) is 0 Å². The van der Waals surface area contributed by atoms with Crippen LogP contribution in [-0.4, -0.2) is 11.0 Å². The van der Waals surface area contributed by atoms with Crippen molar-refractivity contribution in [3.8, 4) is 11.5 Å². The van der Waals surface area contributed by atoms with Crippen LogP contribution < -0.4 is 15.0 Å². The Kier molecular flexibility index (Phi) is 4.56. The zero-order chi connectivity index (χ0) is 20.5. The molecule has 0 bridgehead atoms.